The lowest BCUT2D eigenvalue weighted by atomic mass is 9.97. The Balaban J connectivity index is 2.41. The first-order valence-electron chi connectivity index (χ1n) is 6.12. The zero-order valence-corrected chi connectivity index (χ0v) is 11.3. The summed E-state index contributed by atoms with van der Waals surface area (Å²) in [6.07, 6.45) is -0.125. The van der Waals surface area contributed by atoms with Gasteiger partial charge in [0, 0.05) is 17.7 Å². The van der Waals surface area contributed by atoms with E-state index in [-0.39, 0.29) is 12.8 Å². The summed E-state index contributed by atoms with van der Waals surface area (Å²) in [7, 11) is 1.53. The van der Waals surface area contributed by atoms with Gasteiger partial charge in [0.05, 0.1) is 13.2 Å². The van der Waals surface area contributed by atoms with Crippen molar-refractivity contribution in [1.82, 2.24) is 5.01 Å². The zero-order chi connectivity index (χ0) is 14.8. The first-order valence-corrected chi connectivity index (χ1v) is 6.12. The highest BCUT2D eigenvalue weighted by Crippen LogP contribution is 2.36. The number of hydrogen-bond acceptors (Lipinski definition) is 5. The molecule has 1 N–H and O–H groups in total. The van der Waals surface area contributed by atoms with E-state index in [9.17, 15) is 9.90 Å². The van der Waals surface area contributed by atoms with Crippen LogP contribution in [0.25, 0.3) is 0 Å². The summed E-state index contributed by atoms with van der Waals surface area (Å²) in [6, 6.07) is 8.60. The van der Waals surface area contributed by atoms with Crippen molar-refractivity contribution < 1.29 is 14.6 Å². The topological polar surface area (TPSA) is 85.9 Å². The molecule has 0 fully saturated rings. The van der Waals surface area contributed by atoms with Crippen LogP contribution in [-0.2, 0) is 10.5 Å². The Morgan fingerprint density at radius 2 is 2.40 bits per heavy atom. The predicted octanol–water partition coefficient (Wildman–Crippen LogP) is 1.36. The van der Waals surface area contributed by atoms with Gasteiger partial charge < -0.3 is 9.84 Å². The highest BCUT2D eigenvalue weighted by molar-refractivity contribution is 5.89. The summed E-state index contributed by atoms with van der Waals surface area (Å²) in [4.78, 5) is 11.9. The third-order valence-corrected chi connectivity index (χ3v) is 3.12. The maximum atomic E-state index is 11.9. The minimum absolute atomic E-state index is 0.206. The summed E-state index contributed by atoms with van der Waals surface area (Å²) in [5.74, 6) is 0.0443. The Morgan fingerprint density at radius 1 is 1.65 bits per heavy atom. The van der Waals surface area contributed by atoms with E-state index in [0.717, 1.165) is 5.01 Å². The maximum Gasteiger partial charge on any atom is 0.259 e. The highest BCUT2D eigenvalue weighted by Gasteiger charge is 2.44. The number of ether oxygens (including phenoxy) is 1. The molecular formula is C14H15N3O3. The van der Waals surface area contributed by atoms with Crippen LogP contribution in [0.5, 0.6) is 5.75 Å². The number of nitrogens with zero attached hydrogens (tertiary/aromatic N) is 3. The first-order chi connectivity index (χ1) is 9.51. The quantitative estimate of drug-likeness (QED) is 0.901. The van der Waals surface area contributed by atoms with Crippen molar-refractivity contribution in [3.05, 3.63) is 29.8 Å². The number of carbonyl (C=O) groups is 1. The van der Waals surface area contributed by atoms with Gasteiger partial charge in [-0.25, -0.2) is 0 Å². The molecule has 6 nitrogen and oxygen atoms in total. The lowest BCUT2D eigenvalue weighted by molar-refractivity contribution is -0.156. The Hall–Kier alpha value is -2.39. The number of aliphatic hydroxyl groups is 1. The molecular weight excluding hydrogens is 258 g/mol. The van der Waals surface area contributed by atoms with Crippen molar-refractivity contribution in [2.45, 2.75) is 25.5 Å². The van der Waals surface area contributed by atoms with Gasteiger partial charge in [0.1, 0.15) is 12.2 Å². The molecule has 6 heteroatoms. The van der Waals surface area contributed by atoms with Gasteiger partial charge in [0.15, 0.2) is 5.72 Å². The number of nitriles is 1. The van der Waals surface area contributed by atoms with Crippen LogP contribution in [0.4, 0.5) is 0 Å². The van der Waals surface area contributed by atoms with Gasteiger partial charge in [-0.2, -0.15) is 15.4 Å². The van der Waals surface area contributed by atoms with Crippen molar-refractivity contribution >= 4 is 11.6 Å². The third kappa shape index (κ3) is 2.36. The predicted molar refractivity (Wildman–Crippen MR) is 71.7 cm³/mol. The molecule has 2 rings (SSSR count). The minimum Gasteiger partial charge on any atom is -0.497 e. The molecule has 0 spiro atoms. The molecule has 1 amide bonds. The third-order valence-electron chi connectivity index (χ3n) is 3.12. The van der Waals surface area contributed by atoms with E-state index in [1.165, 1.54) is 7.11 Å². The molecule has 20 heavy (non-hydrogen) atoms. The smallest absolute Gasteiger partial charge is 0.259 e. The average Bonchev–Trinajstić information content (AvgIpc) is 2.76. The second-order valence-corrected chi connectivity index (χ2v) is 4.60. The molecule has 1 aliphatic heterocycles. The van der Waals surface area contributed by atoms with Gasteiger partial charge in [-0.1, -0.05) is 12.1 Å². The minimum atomic E-state index is -1.56. The molecule has 0 saturated heterocycles. The number of carbonyl (C=O) groups excluding carboxylic acids is 1. The molecule has 0 saturated carbocycles. The van der Waals surface area contributed by atoms with Crippen molar-refractivity contribution in [2.75, 3.05) is 7.11 Å². The second kappa shape index (κ2) is 5.31. The van der Waals surface area contributed by atoms with E-state index in [2.05, 4.69) is 5.10 Å². The van der Waals surface area contributed by atoms with Crippen LogP contribution in [0.15, 0.2) is 29.4 Å². The second-order valence-electron chi connectivity index (χ2n) is 4.60. The highest BCUT2D eigenvalue weighted by atomic mass is 16.5. The summed E-state index contributed by atoms with van der Waals surface area (Å²) in [6.45, 7) is 1.73. The summed E-state index contributed by atoms with van der Waals surface area (Å²) in [5.41, 5.74) is -0.433. The van der Waals surface area contributed by atoms with Crippen LogP contribution in [0.2, 0.25) is 0 Å². The first kappa shape index (κ1) is 14.0. The molecule has 0 radical (unpaired) electrons. The van der Waals surface area contributed by atoms with Crippen molar-refractivity contribution in [3.8, 4) is 11.8 Å². The summed E-state index contributed by atoms with van der Waals surface area (Å²) >= 11 is 0. The van der Waals surface area contributed by atoms with E-state index in [1.54, 1.807) is 37.3 Å². The standard InChI is InChI=1S/C14H15N3O3/c1-10-9-14(19,17(16-10)13(18)6-7-15)11-4-3-5-12(8-11)20-2/h3-5,8,19H,6,9H2,1-2H3/t14-/m1/s1. The molecule has 1 aromatic carbocycles. The molecule has 1 aliphatic rings. The van der Waals surface area contributed by atoms with Crippen LogP contribution >= 0.6 is 0 Å². The van der Waals surface area contributed by atoms with Crippen molar-refractivity contribution in [1.29, 1.82) is 5.26 Å². The SMILES string of the molecule is COc1cccc([C@]2(O)CC(C)=NN2C(=O)CC#N)c1. The fraction of sp³-hybridized carbons (Fsp3) is 0.357. The Labute approximate surface area is 116 Å². The summed E-state index contributed by atoms with van der Waals surface area (Å²) in [5, 5.41) is 24.5. The molecule has 1 heterocycles. The van der Waals surface area contributed by atoms with E-state index in [1.807, 2.05) is 0 Å². The fourth-order valence-corrected chi connectivity index (χ4v) is 2.22. The number of hydrazone groups is 1. The van der Waals surface area contributed by atoms with E-state index < -0.39 is 11.6 Å². The summed E-state index contributed by atoms with van der Waals surface area (Å²) < 4.78 is 5.13. The molecule has 0 unspecified atom stereocenters. The molecule has 1 aromatic rings. The number of rotatable bonds is 3. The van der Waals surface area contributed by atoms with Gasteiger partial charge in [0.2, 0.25) is 0 Å². The van der Waals surface area contributed by atoms with E-state index in [4.69, 9.17) is 10.00 Å². The molecule has 0 aliphatic carbocycles. The van der Waals surface area contributed by atoms with Crippen molar-refractivity contribution in [3.63, 3.8) is 0 Å². The number of benzene rings is 1. The lowest BCUT2D eigenvalue weighted by Gasteiger charge is -2.31. The largest absolute Gasteiger partial charge is 0.497 e. The molecule has 1 atom stereocenters. The maximum absolute atomic E-state index is 11.9. The van der Waals surface area contributed by atoms with Crippen LogP contribution < -0.4 is 4.74 Å². The van der Waals surface area contributed by atoms with E-state index >= 15 is 0 Å². The Morgan fingerprint density at radius 3 is 3.05 bits per heavy atom. The van der Waals surface area contributed by atoms with Gasteiger partial charge >= 0.3 is 0 Å². The molecule has 104 valence electrons. The van der Waals surface area contributed by atoms with Crippen LogP contribution in [0.1, 0.15) is 25.3 Å². The monoisotopic (exact) mass is 273 g/mol. The van der Waals surface area contributed by atoms with Gasteiger partial charge in [-0.05, 0) is 19.1 Å². The Kier molecular flexibility index (Phi) is 3.72. The fourth-order valence-electron chi connectivity index (χ4n) is 2.22. The molecule has 0 aromatic heterocycles. The van der Waals surface area contributed by atoms with Crippen LogP contribution in [0.3, 0.4) is 0 Å². The van der Waals surface area contributed by atoms with Crippen LogP contribution in [0, 0.1) is 11.3 Å². The van der Waals surface area contributed by atoms with Gasteiger partial charge in [-0.3, -0.25) is 4.79 Å². The zero-order valence-electron chi connectivity index (χ0n) is 11.3. The molecule has 0 bridgehead atoms. The number of hydrogen-bond donors (Lipinski definition) is 1. The number of methoxy groups -OCH3 is 1. The Bertz CT molecular complexity index is 606. The van der Waals surface area contributed by atoms with Crippen molar-refractivity contribution in [2.24, 2.45) is 5.10 Å². The average molecular weight is 273 g/mol. The number of amides is 1. The van der Waals surface area contributed by atoms with E-state index in [0.29, 0.717) is 17.0 Å². The normalized spacial score (nSPS) is 21.3. The van der Waals surface area contributed by atoms with Crippen LogP contribution in [-0.4, -0.2) is 28.8 Å². The lowest BCUT2D eigenvalue weighted by Crippen LogP contribution is -2.43. The van der Waals surface area contributed by atoms with Gasteiger partial charge in [0.25, 0.3) is 5.91 Å². The van der Waals surface area contributed by atoms with Gasteiger partial charge in [-0.15, -0.1) is 0 Å².